The van der Waals surface area contributed by atoms with Gasteiger partial charge in [-0.25, -0.2) is 9.37 Å². The molecule has 1 aromatic heterocycles. The standard InChI is InChI=1S/C21H21ClFN3OS/c1-13-7-9-26(10-8-13)12-14-5-6-17-18(11-14)28-21(24-17)25-20(27)19-15(22)3-2-4-16(19)23/h2-6,11,13H,7-10,12H2,1H3,(H,24,25,27). The van der Waals surface area contributed by atoms with E-state index in [1.54, 1.807) is 0 Å². The Hall–Kier alpha value is -2.02. The van der Waals surface area contributed by atoms with E-state index < -0.39 is 11.7 Å². The molecule has 1 amide bonds. The number of benzene rings is 2. The quantitative estimate of drug-likeness (QED) is 0.603. The Bertz CT molecular complexity index is 994. The van der Waals surface area contributed by atoms with Crippen LogP contribution in [-0.4, -0.2) is 28.9 Å². The molecule has 2 aromatic carbocycles. The molecule has 0 radical (unpaired) electrons. The number of carbonyl (C=O) groups excluding carboxylic acids is 1. The molecular formula is C21H21ClFN3OS. The lowest BCUT2D eigenvalue weighted by atomic mass is 9.99. The molecule has 0 spiro atoms. The van der Waals surface area contributed by atoms with Gasteiger partial charge in [-0.05, 0) is 61.7 Å². The minimum Gasteiger partial charge on any atom is -0.299 e. The molecule has 3 aromatic rings. The Kier molecular flexibility index (Phi) is 5.62. The van der Waals surface area contributed by atoms with Crippen LogP contribution in [0.25, 0.3) is 10.2 Å². The zero-order valence-corrected chi connectivity index (χ0v) is 17.1. The van der Waals surface area contributed by atoms with E-state index in [0.717, 1.165) is 35.8 Å². The monoisotopic (exact) mass is 417 g/mol. The molecule has 0 atom stereocenters. The highest BCUT2D eigenvalue weighted by molar-refractivity contribution is 7.22. The number of hydrogen-bond donors (Lipinski definition) is 1. The van der Waals surface area contributed by atoms with Gasteiger partial charge in [0, 0.05) is 6.54 Å². The first-order valence-corrected chi connectivity index (χ1v) is 10.6. The molecule has 1 saturated heterocycles. The third-order valence-electron chi connectivity index (χ3n) is 5.15. The normalized spacial score (nSPS) is 15.8. The molecule has 1 aliphatic heterocycles. The molecule has 28 heavy (non-hydrogen) atoms. The summed E-state index contributed by atoms with van der Waals surface area (Å²) in [6.45, 7) is 5.50. The number of nitrogens with zero attached hydrogens (tertiary/aromatic N) is 2. The summed E-state index contributed by atoms with van der Waals surface area (Å²) in [5, 5.41) is 3.18. The maximum Gasteiger partial charge on any atom is 0.261 e. The number of aromatic nitrogens is 1. The topological polar surface area (TPSA) is 45.2 Å². The Morgan fingerprint density at radius 2 is 2.11 bits per heavy atom. The van der Waals surface area contributed by atoms with E-state index in [-0.39, 0.29) is 10.6 Å². The first kappa shape index (κ1) is 19.3. The van der Waals surface area contributed by atoms with Crippen molar-refractivity contribution in [1.29, 1.82) is 0 Å². The zero-order valence-electron chi connectivity index (χ0n) is 15.5. The van der Waals surface area contributed by atoms with Crippen molar-refractivity contribution >= 4 is 44.2 Å². The fourth-order valence-corrected chi connectivity index (χ4v) is 4.65. The van der Waals surface area contributed by atoms with E-state index >= 15 is 0 Å². The highest BCUT2D eigenvalue weighted by Crippen LogP contribution is 2.29. The summed E-state index contributed by atoms with van der Waals surface area (Å²) in [6, 6.07) is 10.4. The molecule has 1 aliphatic rings. The predicted molar refractivity (Wildman–Crippen MR) is 113 cm³/mol. The first-order chi connectivity index (χ1) is 13.5. The largest absolute Gasteiger partial charge is 0.299 e. The third kappa shape index (κ3) is 4.19. The summed E-state index contributed by atoms with van der Waals surface area (Å²) in [4.78, 5) is 19.3. The van der Waals surface area contributed by atoms with Crippen LogP contribution in [0.2, 0.25) is 5.02 Å². The second-order valence-corrected chi connectivity index (χ2v) is 8.77. The van der Waals surface area contributed by atoms with E-state index in [1.807, 2.05) is 6.07 Å². The second kappa shape index (κ2) is 8.15. The predicted octanol–water partition coefficient (Wildman–Crippen LogP) is 5.57. The van der Waals surface area contributed by atoms with E-state index in [0.29, 0.717) is 5.13 Å². The number of anilines is 1. The van der Waals surface area contributed by atoms with Crippen LogP contribution in [-0.2, 0) is 6.54 Å². The molecule has 0 aliphatic carbocycles. The van der Waals surface area contributed by atoms with Gasteiger partial charge < -0.3 is 0 Å². The Labute approximate surface area is 172 Å². The minimum absolute atomic E-state index is 0.0803. The molecule has 4 nitrogen and oxygen atoms in total. The number of rotatable bonds is 4. The molecular weight excluding hydrogens is 397 g/mol. The molecule has 7 heteroatoms. The average Bonchev–Trinajstić information content (AvgIpc) is 3.05. The van der Waals surface area contributed by atoms with Crippen LogP contribution < -0.4 is 5.32 Å². The number of piperidine rings is 1. The van der Waals surface area contributed by atoms with Crippen molar-refractivity contribution in [2.75, 3.05) is 18.4 Å². The van der Waals surface area contributed by atoms with Gasteiger partial charge in [0.25, 0.3) is 5.91 Å². The van der Waals surface area contributed by atoms with Gasteiger partial charge in [0.2, 0.25) is 0 Å². The highest BCUT2D eigenvalue weighted by Gasteiger charge is 2.18. The lowest BCUT2D eigenvalue weighted by Crippen LogP contribution is -2.32. The summed E-state index contributed by atoms with van der Waals surface area (Å²) >= 11 is 7.35. The Morgan fingerprint density at radius 1 is 1.32 bits per heavy atom. The molecule has 0 saturated carbocycles. The fraction of sp³-hybridized carbons (Fsp3) is 0.333. The summed E-state index contributed by atoms with van der Waals surface area (Å²) in [7, 11) is 0. The van der Waals surface area contributed by atoms with Gasteiger partial charge in [0.1, 0.15) is 5.82 Å². The molecule has 0 bridgehead atoms. The van der Waals surface area contributed by atoms with Crippen molar-refractivity contribution in [2.24, 2.45) is 5.92 Å². The van der Waals surface area contributed by atoms with Gasteiger partial charge in [0.15, 0.2) is 5.13 Å². The van der Waals surface area contributed by atoms with Crippen LogP contribution >= 0.6 is 22.9 Å². The second-order valence-electron chi connectivity index (χ2n) is 7.33. The molecule has 1 N–H and O–H groups in total. The smallest absolute Gasteiger partial charge is 0.261 e. The first-order valence-electron chi connectivity index (χ1n) is 9.37. The van der Waals surface area contributed by atoms with Crippen LogP contribution in [0.5, 0.6) is 0 Å². The molecule has 4 rings (SSSR count). The van der Waals surface area contributed by atoms with Gasteiger partial charge in [-0.15, -0.1) is 0 Å². The third-order valence-corrected chi connectivity index (χ3v) is 6.39. The van der Waals surface area contributed by atoms with Crippen LogP contribution in [0, 0.1) is 11.7 Å². The van der Waals surface area contributed by atoms with Crippen LogP contribution in [0.4, 0.5) is 9.52 Å². The average molecular weight is 418 g/mol. The molecule has 0 unspecified atom stereocenters. The summed E-state index contributed by atoms with van der Waals surface area (Å²) in [6.07, 6.45) is 2.50. The number of nitrogens with one attached hydrogen (secondary N) is 1. The highest BCUT2D eigenvalue weighted by atomic mass is 35.5. The fourth-order valence-electron chi connectivity index (χ4n) is 3.47. The van der Waals surface area contributed by atoms with Crippen molar-refractivity contribution in [3.05, 3.63) is 58.4 Å². The van der Waals surface area contributed by atoms with Gasteiger partial charge in [-0.3, -0.25) is 15.0 Å². The van der Waals surface area contributed by atoms with Crippen molar-refractivity contribution in [3.63, 3.8) is 0 Å². The summed E-state index contributed by atoms with van der Waals surface area (Å²) in [5.41, 5.74) is 1.89. The Balaban J connectivity index is 1.49. The van der Waals surface area contributed by atoms with E-state index in [4.69, 9.17) is 11.6 Å². The number of carbonyl (C=O) groups is 1. The molecule has 2 heterocycles. The van der Waals surface area contributed by atoms with Gasteiger partial charge in [-0.2, -0.15) is 0 Å². The number of halogens is 2. The number of fused-ring (bicyclic) bond motifs is 1. The lowest BCUT2D eigenvalue weighted by Gasteiger charge is -2.30. The van der Waals surface area contributed by atoms with Crippen LogP contribution in [0.3, 0.4) is 0 Å². The van der Waals surface area contributed by atoms with Crippen molar-refractivity contribution in [2.45, 2.75) is 26.3 Å². The lowest BCUT2D eigenvalue weighted by molar-refractivity contribution is 0.102. The maximum atomic E-state index is 13.9. The number of likely N-dealkylation sites (tertiary alicyclic amines) is 1. The van der Waals surface area contributed by atoms with Crippen molar-refractivity contribution in [3.8, 4) is 0 Å². The minimum atomic E-state index is -0.649. The number of thiazole rings is 1. The van der Waals surface area contributed by atoms with Gasteiger partial charge in [-0.1, -0.05) is 42.0 Å². The SMILES string of the molecule is CC1CCN(Cc2ccc3nc(NC(=O)c4c(F)cccc4Cl)sc3c2)CC1. The summed E-state index contributed by atoms with van der Waals surface area (Å²) in [5.74, 6) is -0.427. The number of hydrogen-bond acceptors (Lipinski definition) is 4. The van der Waals surface area contributed by atoms with Crippen molar-refractivity contribution in [1.82, 2.24) is 9.88 Å². The molecule has 1 fully saturated rings. The van der Waals surface area contributed by atoms with Gasteiger partial charge in [0.05, 0.1) is 20.8 Å². The maximum absolute atomic E-state index is 13.9. The van der Waals surface area contributed by atoms with E-state index in [9.17, 15) is 9.18 Å². The summed E-state index contributed by atoms with van der Waals surface area (Å²) < 4.78 is 14.9. The molecule has 146 valence electrons. The zero-order chi connectivity index (χ0) is 19.7. The van der Waals surface area contributed by atoms with Crippen LogP contribution in [0.1, 0.15) is 35.7 Å². The van der Waals surface area contributed by atoms with E-state index in [2.05, 4.69) is 34.3 Å². The van der Waals surface area contributed by atoms with Crippen LogP contribution in [0.15, 0.2) is 36.4 Å². The van der Waals surface area contributed by atoms with Crippen molar-refractivity contribution < 1.29 is 9.18 Å². The Morgan fingerprint density at radius 3 is 2.86 bits per heavy atom. The van der Waals surface area contributed by atoms with E-state index in [1.165, 1.54) is 47.9 Å². The van der Waals surface area contributed by atoms with Gasteiger partial charge >= 0.3 is 0 Å². The number of amides is 1.